The Morgan fingerprint density at radius 3 is 2.54 bits per heavy atom. The molecule has 0 saturated carbocycles. The van der Waals surface area contributed by atoms with Gasteiger partial charge in [-0.1, -0.05) is 12.1 Å². The number of fused-ring (bicyclic) bond motifs is 1. The van der Waals surface area contributed by atoms with Crippen LogP contribution >= 0.6 is 0 Å². The molecular formula is C21H23N3O2. The van der Waals surface area contributed by atoms with Gasteiger partial charge in [0.25, 0.3) is 0 Å². The summed E-state index contributed by atoms with van der Waals surface area (Å²) >= 11 is 0. The number of hydrogen-bond acceptors (Lipinski definition) is 3. The lowest BCUT2D eigenvalue weighted by Crippen LogP contribution is -2.40. The van der Waals surface area contributed by atoms with E-state index in [4.69, 9.17) is 4.74 Å². The van der Waals surface area contributed by atoms with Crippen molar-refractivity contribution in [1.29, 1.82) is 0 Å². The van der Waals surface area contributed by atoms with Gasteiger partial charge in [0.2, 0.25) is 5.91 Å². The highest BCUT2D eigenvalue weighted by Gasteiger charge is 2.21. The maximum Gasteiger partial charge on any atom is 0.219 e. The zero-order chi connectivity index (χ0) is 18.1. The number of nitrogens with zero attached hydrogens (tertiary/aromatic N) is 3. The first kappa shape index (κ1) is 16.6. The first-order valence-electron chi connectivity index (χ1n) is 9.07. The molecule has 0 N–H and O–H groups in total. The largest absolute Gasteiger partial charge is 0.490 e. The molecule has 5 heteroatoms. The Hall–Kier alpha value is -2.82. The third-order valence-electron chi connectivity index (χ3n) is 5.17. The van der Waals surface area contributed by atoms with Gasteiger partial charge in [0.05, 0.1) is 0 Å². The van der Waals surface area contributed by atoms with E-state index in [2.05, 4.69) is 30.1 Å². The molecule has 0 radical (unpaired) electrons. The van der Waals surface area contributed by atoms with Crippen LogP contribution in [0.15, 0.2) is 48.9 Å². The van der Waals surface area contributed by atoms with Crippen molar-refractivity contribution >= 4 is 11.6 Å². The summed E-state index contributed by atoms with van der Waals surface area (Å²) in [6, 6.07) is 10.4. The van der Waals surface area contributed by atoms with Gasteiger partial charge in [-0.2, -0.15) is 0 Å². The van der Waals surface area contributed by atoms with E-state index in [0.29, 0.717) is 0 Å². The SMILES string of the molecule is CC(=O)N1CCC(Oc2ccc(-c3ccn4ccnc4c3C)cc2)CC1. The molecular weight excluding hydrogens is 326 g/mol. The van der Waals surface area contributed by atoms with Crippen LogP contribution in [0.3, 0.4) is 0 Å². The number of carbonyl (C=O) groups is 1. The lowest BCUT2D eigenvalue weighted by Gasteiger charge is -2.31. The summed E-state index contributed by atoms with van der Waals surface area (Å²) in [5.74, 6) is 1.03. The summed E-state index contributed by atoms with van der Waals surface area (Å²) < 4.78 is 8.14. The third kappa shape index (κ3) is 3.17. The number of carbonyl (C=O) groups excluding carboxylic acids is 1. The van der Waals surface area contributed by atoms with Crippen molar-refractivity contribution < 1.29 is 9.53 Å². The van der Waals surface area contributed by atoms with E-state index in [1.807, 2.05) is 40.0 Å². The van der Waals surface area contributed by atoms with E-state index in [9.17, 15) is 4.79 Å². The van der Waals surface area contributed by atoms with Gasteiger partial charge in [0.1, 0.15) is 17.5 Å². The highest BCUT2D eigenvalue weighted by atomic mass is 16.5. The van der Waals surface area contributed by atoms with Gasteiger partial charge in [-0.25, -0.2) is 4.98 Å². The van der Waals surface area contributed by atoms with Crippen molar-refractivity contribution in [2.24, 2.45) is 0 Å². The predicted octanol–water partition coefficient (Wildman–Crippen LogP) is 3.70. The Balaban J connectivity index is 1.47. The monoisotopic (exact) mass is 349 g/mol. The molecule has 5 nitrogen and oxygen atoms in total. The normalized spacial score (nSPS) is 15.4. The van der Waals surface area contributed by atoms with E-state index >= 15 is 0 Å². The number of aromatic nitrogens is 2. The zero-order valence-corrected chi connectivity index (χ0v) is 15.2. The second-order valence-corrected chi connectivity index (χ2v) is 6.86. The molecule has 1 aromatic carbocycles. The first-order valence-corrected chi connectivity index (χ1v) is 9.07. The summed E-state index contributed by atoms with van der Waals surface area (Å²) in [7, 11) is 0. The molecule has 0 atom stereocenters. The van der Waals surface area contributed by atoms with E-state index in [0.717, 1.165) is 42.9 Å². The van der Waals surface area contributed by atoms with Crippen LogP contribution in [0.2, 0.25) is 0 Å². The van der Waals surface area contributed by atoms with Crippen molar-refractivity contribution in [3.63, 3.8) is 0 Å². The van der Waals surface area contributed by atoms with Crippen molar-refractivity contribution in [2.75, 3.05) is 13.1 Å². The molecule has 1 amide bonds. The number of hydrogen-bond donors (Lipinski definition) is 0. The Kier molecular flexibility index (Phi) is 4.37. The zero-order valence-electron chi connectivity index (χ0n) is 15.2. The minimum Gasteiger partial charge on any atom is -0.490 e. The predicted molar refractivity (Wildman–Crippen MR) is 101 cm³/mol. The highest BCUT2D eigenvalue weighted by molar-refractivity contribution is 5.74. The Labute approximate surface area is 153 Å². The summed E-state index contributed by atoms with van der Waals surface area (Å²) in [5.41, 5.74) is 4.50. The molecule has 1 fully saturated rings. The van der Waals surface area contributed by atoms with Crippen LogP contribution in [0.1, 0.15) is 25.3 Å². The molecule has 0 spiro atoms. The lowest BCUT2D eigenvalue weighted by atomic mass is 10.0. The van der Waals surface area contributed by atoms with Crippen molar-refractivity contribution in [2.45, 2.75) is 32.8 Å². The fraction of sp³-hybridized carbons (Fsp3) is 0.333. The van der Waals surface area contributed by atoms with Crippen LogP contribution in [0, 0.1) is 6.92 Å². The van der Waals surface area contributed by atoms with Gasteiger partial charge in [-0.15, -0.1) is 0 Å². The molecule has 0 bridgehead atoms. The van der Waals surface area contributed by atoms with Gasteiger partial charge < -0.3 is 14.0 Å². The molecule has 3 heterocycles. The molecule has 3 aromatic rings. The Morgan fingerprint density at radius 2 is 1.85 bits per heavy atom. The number of benzene rings is 1. The quantitative estimate of drug-likeness (QED) is 0.724. The summed E-state index contributed by atoms with van der Waals surface area (Å²) in [6.45, 7) is 5.29. The van der Waals surface area contributed by atoms with Gasteiger partial charge in [0, 0.05) is 57.0 Å². The standard InChI is InChI=1S/C21H23N3O2/c1-15-20(9-13-24-14-10-22-21(15)24)17-3-5-18(6-4-17)26-19-7-11-23(12-8-19)16(2)25/h3-6,9-10,13-14,19H,7-8,11-12H2,1-2H3. The molecule has 0 aliphatic carbocycles. The Bertz CT molecular complexity index is 922. The minimum atomic E-state index is 0.151. The van der Waals surface area contributed by atoms with Crippen molar-refractivity contribution in [3.8, 4) is 16.9 Å². The number of piperidine rings is 1. The first-order chi connectivity index (χ1) is 12.6. The smallest absolute Gasteiger partial charge is 0.219 e. The molecule has 1 saturated heterocycles. The van der Waals surface area contributed by atoms with E-state index in [-0.39, 0.29) is 12.0 Å². The average molecular weight is 349 g/mol. The van der Waals surface area contributed by atoms with Crippen LogP contribution < -0.4 is 4.74 Å². The van der Waals surface area contributed by atoms with Crippen molar-refractivity contribution in [1.82, 2.24) is 14.3 Å². The number of likely N-dealkylation sites (tertiary alicyclic amines) is 1. The topological polar surface area (TPSA) is 46.8 Å². The summed E-state index contributed by atoms with van der Waals surface area (Å²) in [5, 5.41) is 0. The number of ether oxygens (including phenoxy) is 1. The second-order valence-electron chi connectivity index (χ2n) is 6.86. The van der Waals surface area contributed by atoms with Gasteiger partial charge in [0.15, 0.2) is 0 Å². The van der Waals surface area contributed by atoms with Crippen molar-refractivity contribution in [3.05, 3.63) is 54.5 Å². The molecule has 1 aliphatic heterocycles. The number of aryl methyl sites for hydroxylation is 1. The van der Waals surface area contributed by atoms with Crippen LogP contribution in [0.5, 0.6) is 5.75 Å². The maximum atomic E-state index is 11.4. The Morgan fingerprint density at radius 1 is 1.12 bits per heavy atom. The molecule has 134 valence electrons. The molecule has 1 aliphatic rings. The maximum absolute atomic E-state index is 11.4. The number of pyridine rings is 1. The van der Waals surface area contributed by atoms with Crippen LogP contribution in [0.25, 0.3) is 16.8 Å². The highest BCUT2D eigenvalue weighted by Crippen LogP contribution is 2.28. The van der Waals surface area contributed by atoms with Crippen LogP contribution in [0.4, 0.5) is 0 Å². The molecule has 2 aromatic heterocycles. The third-order valence-corrected chi connectivity index (χ3v) is 5.17. The molecule has 4 rings (SSSR count). The van der Waals surface area contributed by atoms with Crippen LogP contribution in [-0.4, -0.2) is 39.4 Å². The molecule has 0 unspecified atom stereocenters. The molecule has 26 heavy (non-hydrogen) atoms. The van der Waals surface area contributed by atoms with Gasteiger partial charge in [-0.3, -0.25) is 4.79 Å². The number of imidazole rings is 1. The van der Waals surface area contributed by atoms with E-state index in [1.165, 1.54) is 11.1 Å². The van der Waals surface area contributed by atoms with E-state index in [1.54, 1.807) is 6.92 Å². The minimum absolute atomic E-state index is 0.151. The number of rotatable bonds is 3. The summed E-state index contributed by atoms with van der Waals surface area (Å²) in [6.07, 6.45) is 7.77. The fourth-order valence-corrected chi connectivity index (χ4v) is 3.63. The van der Waals surface area contributed by atoms with Gasteiger partial charge in [-0.05, 0) is 36.2 Å². The van der Waals surface area contributed by atoms with Gasteiger partial charge >= 0.3 is 0 Å². The number of amides is 1. The fourth-order valence-electron chi connectivity index (χ4n) is 3.63. The van der Waals surface area contributed by atoms with E-state index < -0.39 is 0 Å². The second kappa shape index (κ2) is 6.83. The lowest BCUT2D eigenvalue weighted by molar-refractivity contribution is -0.130. The van der Waals surface area contributed by atoms with Crippen LogP contribution in [-0.2, 0) is 4.79 Å². The average Bonchev–Trinajstić information content (AvgIpc) is 3.13. The summed E-state index contributed by atoms with van der Waals surface area (Å²) in [4.78, 5) is 17.7.